The zero-order valence-electron chi connectivity index (χ0n) is 12.7. The minimum absolute atomic E-state index is 0.728. The SMILES string of the molecule is CCCCN(C)Cc1ccc(OCCC)c(OC)c1. The van der Waals surface area contributed by atoms with Gasteiger partial charge in [0.15, 0.2) is 11.5 Å². The Morgan fingerprint density at radius 1 is 1.11 bits per heavy atom. The Morgan fingerprint density at radius 3 is 2.53 bits per heavy atom. The Labute approximate surface area is 117 Å². The molecule has 0 amide bonds. The highest BCUT2D eigenvalue weighted by Crippen LogP contribution is 2.28. The van der Waals surface area contributed by atoms with Crippen LogP contribution in [0.15, 0.2) is 18.2 Å². The molecule has 0 N–H and O–H groups in total. The summed E-state index contributed by atoms with van der Waals surface area (Å²) < 4.78 is 11.1. The molecule has 1 aromatic rings. The van der Waals surface area contributed by atoms with Gasteiger partial charge in [-0.05, 0) is 44.1 Å². The normalized spacial score (nSPS) is 10.8. The molecule has 1 aromatic carbocycles. The first-order chi connectivity index (χ1) is 9.21. The molecule has 0 unspecified atom stereocenters. The number of rotatable bonds is 9. The second kappa shape index (κ2) is 8.81. The topological polar surface area (TPSA) is 21.7 Å². The smallest absolute Gasteiger partial charge is 0.161 e. The van der Waals surface area contributed by atoms with E-state index in [2.05, 4.69) is 37.9 Å². The first kappa shape index (κ1) is 15.8. The fraction of sp³-hybridized carbons (Fsp3) is 0.625. The van der Waals surface area contributed by atoms with Crippen LogP contribution in [0.4, 0.5) is 0 Å². The maximum absolute atomic E-state index is 5.66. The molecule has 0 saturated carbocycles. The van der Waals surface area contributed by atoms with E-state index in [0.29, 0.717) is 0 Å². The average molecular weight is 265 g/mol. The van der Waals surface area contributed by atoms with Gasteiger partial charge in [-0.1, -0.05) is 26.3 Å². The molecule has 0 spiro atoms. The van der Waals surface area contributed by atoms with Crippen LogP contribution in [-0.4, -0.2) is 32.2 Å². The van der Waals surface area contributed by atoms with Crippen molar-refractivity contribution in [2.75, 3.05) is 27.3 Å². The Morgan fingerprint density at radius 2 is 1.89 bits per heavy atom. The fourth-order valence-corrected chi connectivity index (χ4v) is 1.96. The van der Waals surface area contributed by atoms with Gasteiger partial charge < -0.3 is 14.4 Å². The average Bonchev–Trinajstić information content (AvgIpc) is 2.43. The van der Waals surface area contributed by atoms with Gasteiger partial charge in [-0.2, -0.15) is 0 Å². The fourth-order valence-electron chi connectivity index (χ4n) is 1.96. The molecule has 0 saturated heterocycles. The molecule has 0 aliphatic rings. The van der Waals surface area contributed by atoms with E-state index in [1.807, 2.05) is 6.07 Å². The van der Waals surface area contributed by atoms with Crippen LogP contribution >= 0.6 is 0 Å². The predicted molar refractivity (Wildman–Crippen MR) is 80.0 cm³/mol. The summed E-state index contributed by atoms with van der Waals surface area (Å²) in [5, 5.41) is 0. The van der Waals surface area contributed by atoms with E-state index >= 15 is 0 Å². The van der Waals surface area contributed by atoms with Crippen LogP contribution in [0.3, 0.4) is 0 Å². The lowest BCUT2D eigenvalue weighted by Crippen LogP contribution is -2.18. The van der Waals surface area contributed by atoms with Crippen LogP contribution in [0.2, 0.25) is 0 Å². The zero-order valence-corrected chi connectivity index (χ0v) is 12.7. The molecular formula is C16H27NO2. The third-order valence-electron chi connectivity index (χ3n) is 3.04. The molecular weight excluding hydrogens is 238 g/mol. The van der Waals surface area contributed by atoms with Crippen LogP contribution in [0, 0.1) is 0 Å². The largest absolute Gasteiger partial charge is 0.493 e. The predicted octanol–water partition coefficient (Wildman–Crippen LogP) is 3.72. The summed E-state index contributed by atoms with van der Waals surface area (Å²) in [6.07, 6.45) is 3.48. The number of hydrogen-bond donors (Lipinski definition) is 0. The van der Waals surface area contributed by atoms with Crippen LogP contribution in [0.1, 0.15) is 38.7 Å². The van der Waals surface area contributed by atoms with Gasteiger partial charge in [0.2, 0.25) is 0 Å². The molecule has 0 aliphatic carbocycles. The number of methoxy groups -OCH3 is 1. The van der Waals surface area contributed by atoms with Crippen LogP contribution in [0.25, 0.3) is 0 Å². The van der Waals surface area contributed by atoms with Crippen LogP contribution in [0.5, 0.6) is 11.5 Å². The second-order valence-electron chi connectivity index (χ2n) is 4.93. The van der Waals surface area contributed by atoms with Crippen molar-refractivity contribution in [3.8, 4) is 11.5 Å². The lowest BCUT2D eigenvalue weighted by atomic mass is 10.2. The standard InChI is InChI=1S/C16H27NO2/c1-5-7-10-17(3)13-14-8-9-15(19-11-6-2)16(12-14)18-4/h8-9,12H,5-7,10-11,13H2,1-4H3. The van der Waals surface area contributed by atoms with Crippen LogP contribution < -0.4 is 9.47 Å². The van der Waals surface area contributed by atoms with Crippen molar-refractivity contribution < 1.29 is 9.47 Å². The van der Waals surface area contributed by atoms with E-state index in [4.69, 9.17) is 9.47 Å². The van der Waals surface area contributed by atoms with Crippen molar-refractivity contribution in [1.82, 2.24) is 4.90 Å². The first-order valence-electron chi connectivity index (χ1n) is 7.19. The van der Waals surface area contributed by atoms with Gasteiger partial charge in [0.25, 0.3) is 0 Å². The molecule has 108 valence electrons. The Kier molecular flexibility index (Phi) is 7.34. The van der Waals surface area contributed by atoms with Gasteiger partial charge in [-0.3, -0.25) is 0 Å². The molecule has 0 heterocycles. The molecule has 0 bridgehead atoms. The van der Waals surface area contributed by atoms with Gasteiger partial charge in [-0.25, -0.2) is 0 Å². The minimum atomic E-state index is 0.728. The Bertz CT molecular complexity index is 366. The number of benzene rings is 1. The summed E-state index contributed by atoms with van der Waals surface area (Å²) in [7, 11) is 3.85. The molecule has 0 atom stereocenters. The third-order valence-corrected chi connectivity index (χ3v) is 3.04. The molecule has 3 nitrogen and oxygen atoms in total. The summed E-state index contributed by atoms with van der Waals surface area (Å²) >= 11 is 0. The number of unbranched alkanes of at least 4 members (excludes halogenated alkanes) is 1. The second-order valence-corrected chi connectivity index (χ2v) is 4.93. The molecule has 0 aliphatic heterocycles. The van der Waals surface area contributed by atoms with Gasteiger partial charge in [0.1, 0.15) is 0 Å². The zero-order chi connectivity index (χ0) is 14.1. The van der Waals surface area contributed by atoms with Gasteiger partial charge >= 0.3 is 0 Å². The van der Waals surface area contributed by atoms with Crippen molar-refractivity contribution >= 4 is 0 Å². The molecule has 0 fully saturated rings. The summed E-state index contributed by atoms with van der Waals surface area (Å²) in [4.78, 5) is 2.34. The van der Waals surface area contributed by atoms with E-state index in [0.717, 1.165) is 37.6 Å². The number of ether oxygens (including phenoxy) is 2. The monoisotopic (exact) mass is 265 g/mol. The lowest BCUT2D eigenvalue weighted by molar-refractivity contribution is 0.292. The van der Waals surface area contributed by atoms with E-state index in [9.17, 15) is 0 Å². The molecule has 0 radical (unpaired) electrons. The highest BCUT2D eigenvalue weighted by molar-refractivity contribution is 5.42. The summed E-state index contributed by atoms with van der Waals surface area (Å²) in [5.74, 6) is 1.67. The summed E-state index contributed by atoms with van der Waals surface area (Å²) in [5.41, 5.74) is 1.26. The Hall–Kier alpha value is -1.22. The Balaban J connectivity index is 2.65. The molecule has 0 aromatic heterocycles. The van der Waals surface area contributed by atoms with Crippen LogP contribution in [-0.2, 0) is 6.54 Å². The van der Waals surface area contributed by atoms with E-state index in [-0.39, 0.29) is 0 Å². The van der Waals surface area contributed by atoms with Crippen molar-refractivity contribution in [3.05, 3.63) is 23.8 Å². The van der Waals surface area contributed by atoms with Gasteiger partial charge in [-0.15, -0.1) is 0 Å². The minimum Gasteiger partial charge on any atom is -0.493 e. The maximum atomic E-state index is 5.66. The van der Waals surface area contributed by atoms with Crippen molar-refractivity contribution in [1.29, 1.82) is 0 Å². The van der Waals surface area contributed by atoms with Crippen molar-refractivity contribution in [2.24, 2.45) is 0 Å². The quantitative estimate of drug-likeness (QED) is 0.679. The van der Waals surface area contributed by atoms with E-state index in [1.165, 1.54) is 18.4 Å². The molecule has 3 heteroatoms. The highest BCUT2D eigenvalue weighted by Gasteiger charge is 2.07. The molecule has 1 rings (SSSR count). The maximum Gasteiger partial charge on any atom is 0.161 e. The van der Waals surface area contributed by atoms with E-state index in [1.54, 1.807) is 7.11 Å². The first-order valence-corrected chi connectivity index (χ1v) is 7.19. The number of nitrogens with zero attached hydrogens (tertiary/aromatic N) is 1. The van der Waals surface area contributed by atoms with Crippen molar-refractivity contribution in [3.63, 3.8) is 0 Å². The van der Waals surface area contributed by atoms with Gasteiger partial charge in [0.05, 0.1) is 13.7 Å². The summed E-state index contributed by atoms with van der Waals surface area (Å²) in [6.45, 7) is 7.13. The van der Waals surface area contributed by atoms with E-state index < -0.39 is 0 Å². The third kappa shape index (κ3) is 5.52. The van der Waals surface area contributed by atoms with Gasteiger partial charge in [0, 0.05) is 6.54 Å². The lowest BCUT2D eigenvalue weighted by Gasteiger charge is -2.17. The number of hydrogen-bond acceptors (Lipinski definition) is 3. The highest BCUT2D eigenvalue weighted by atomic mass is 16.5. The molecule has 19 heavy (non-hydrogen) atoms. The van der Waals surface area contributed by atoms with Crippen molar-refractivity contribution in [2.45, 2.75) is 39.7 Å². The summed E-state index contributed by atoms with van der Waals surface area (Å²) in [6, 6.07) is 6.21.